The minimum atomic E-state index is -5.08. The van der Waals surface area contributed by atoms with E-state index < -0.39 is 36.0 Å². The van der Waals surface area contributed by atoms with Crippen LogP contribution in [0.25, 0.3) is 0 Å². The molecular weight excluding hydrogens is 582 g/mol. The number of carbonyl (C=O) groups is 3. The summed E-state index contributed by atoms with van der Waals surface area (Å²) in [4.78, 5) is 39.6. The molecule has 1 unspecified atom stereocenters. The number of hydrogen-bond donors (Lipinski definition) is 2. The van der Waals surface area contributed by atoms with E-state index in [0.717, 1.165) is 49.8 Å². The van der Waals surface area contributed by atoms with Crippen LogP contribution in [0, 0.1) is 6.92 Å². The van der Waals surface area contributed by atoms with Gasteiger partial charge in [-0.2, -0.15) is 26.3 Å². The lowest BCUT2D eigenvalue weighted by Crippen LogP contribution is -2.54. The van der Waals surface area contributed by atoms with Gasteiger partial charge in [0.15, 0.2) is 6.10 Å². The number of likely N-dealkylation sites (N-methyl/N-ethyl adjacent to an activating group) is 1. The summed E-state index contributed by atoms with van der Waals surface area (Å²) in [5, 5.41) is 14.2. The van der Waals surface area contributed by atoms with Gasteiger partial charge in [-0.1, -0.05) is 0 Å². The lowest BCUT2D eigenvalue weighted by Gasteiger charge is -2.46. The summed E-state index contributed by atoms with van der Waals surface area (Å²) < 4.78 is 77.8. The second kappa shape index (κ2) is 14.0. The first-order chi connectivity index (χ1) is 19.4. The van der Waals surface area contributed by atoms with Crippen LogP contribution in [0.4, 0.5) is 26.3 Å². The van der Waals surface area contributed by atoms with Gasteiger partial charge in [-0.05, 0) is 45.7 Å². The number of hydrogen-bond acceptors (Lipinski definition) is 7. The van der Waals surface area contributed by atoms with Crippen LogP contribution in [0.5, 0.6) is 0 Å². The third-order valence-corrected chi connectivity index (χ3v) is 6.53. The molecule has 17 heteroatoms. The number of ether oxygens (including phenoxy) is 1. The van der Waals surface area contributed by atoms with E-state index in [1.165, 1.54) is 0 Å². The van der Waals surface area contributed by atoms with Crippen molar-refractivity contribution >= 4 is 17.8 Å². The molecule has 0 aromatic carbocycles. The summed E-state index contributed by atoms with van der Waals surface area (Å²) in [5.74, 6) is -2.53. The molecule has 1 atom stereocenters. The van der Waals surface area contributed by atoms with Crippen molar-refractivity contribution in [2.45, 2.75) is 70.8 Å². The average molecular weight is 615 g/mol. The summed E-state index contributed by atoms with van der Waals surface area (Å²) in [6, 6.07) is 4.05. The molecule has 2 aliphatic heterocycles. The van der Waals surface area contributed by atoms with Crippen molar-refractivity contribution in [1.82, 2.24) is 19.4 Å². The monoisotopic (exact) mass is 614 g/mol. The maximum atomic E-state index is 13.0. The lowest BCUT2D eigenvalue weighted by atomic mass is 9.88. The maximum absolute atomic E-state index is 13.0. The van der Waals surface area contributed by atoms with E-state index in [1.807, 2.05) is 50.2 Å². The Morgan fingerprint density at radius 2 is 1.55 bits per heavy atom. The number of amides is 1. The third kappa shape index (κ3) is 9.20. The molecule has 2 aromatic rings. The van der Waals surface area contributed by atoms with E-state index in [0.29, 0.717) is 19.6 Å². The third-order valence-electron chi connectivity index (χ3n) is 6.53. The van der Waals surface area contributed by atoms with Crippen LogP contribution in [-0.2, 0) is 37.8 Å². The number of furan rings is 1. The first kappa shape index (κ1) is 34.6. The van der Waals surface area contributed by atoms with Gasteiger partial charge in [-0.15, -0.1) is 0 Å². The molecule has 1 saturated heterocycles. The number of carboxylic acid groups (broad SMARTS) is 2. The van der Waals surface area contributed by atoms with Crippen LogP contribution in [0.2, 0.25) is 0 Å². The number of carbonyl (C=O) groups excluding carboxylic acids is 1. The second-order valence-electron chi connectivity index (χ2n) is 9.41. The van der Waals surface area contributed by atoms with Crippen LogP contribution < -0.4 is 0 Å². The summed E-state index contributed by atoms with van der Waals surface area (Å²) in [5.41, 5.74) is -0.481. The highest BCUT2D eigenvalue weighted by Gasteiger charge is 2.47. The Bertz CT molecular complexity index is 1170. The molecule has 2 aliphatic rings. The number of aryl methyl sites for hydroxylation is 1. The first-order valence-corrected chi connectivity index (χ1v) is 12.8. The molecule has 1 amide bonds. The first-order valence-electron chi connectivity index (χ1n) is 12.8. The molecule has 42 heavy (non-hydrogen) atoms. The Morgan fingerprint density at radius 3 is 1.98 bits per heavy atom. The Hall–Kier alpha value is -3.60. The molecule has 1 fully saturated rings. The summed E-state index contributed by atoms with van der Waals surface area (Å²) in [7, 11) is 0. The van der Waals surface area contributed by atoms with Gasteiger partial charge in [-0.3, -0.25) is 9.69 Å². The Balaban J connectivity index is 0.000000367. The number of halogens is 6. The number of nitrogens with zero attached hydrogens (tertiary/aromatic N) is 4. The number of carboxylic acids is 2. The zero-order chi connectivity index (χ0) is 31.9. The van der Waals surface area contributed by atoms with Crippen molar-refractivity contribution in [3.05, 3.63) is 41.9 Å². The minimum Gasteiger partial charge on any atom is -0.475 e. The van der Waals surface area contributed by atoms with Crippen molar-refractivity contribution in [1.29, 1.82) is 0 Å². The number of rotatable bonds is 5. The molecule has 4 heterocycles. The van der Waals surface area contributed by atoms with Gasteiger partial charge < -0.3 is 28.8 Å². The molecule has 0 aliphatic carbocycles. The van der Waals surface area contributed by atoms with Gasteiger partial charge in [0, 0.05) is 38.6 Å². The average Bonchev–Trinajstić information content (AvgIpc) is 3.55. The van der Waals surface area contributed by atoms with Crippen molar-refractivity contribution in [2.75, 3.05) is 26.2 Å². The fourth-order valence-electron chi connectivity index (χ4n) is 4.47. The van der Waals surface area contributed by atoms with Gasteiger partial charge in [0.05, 0.1) is 13.1 Å². The van der Waals surface area contributed by atoms with Crippen LogP contribution in [0.3, 0.4) is 0 Å². The highest BCUT2D eigenvalue weighted by Crippen LogP contribution is 2.40. The fourth-order valence-corrected chi connectivity index (χ4v) is 4.47. The van der Waals surface area contributed by atoms with Crippen molar-refractivity contribution in [3.63, 3.8) is 0 Å². The van der Waals surface area contributed by atoms with Crippen LogP contribution >= 0.6 is 0 Å². The smallest absolute Gasteiger partial charge is 0.475 e. The van der Waals surface area contributed by atoms with E-state index in [2.05, 4.69) is 14.5 Å². The van der Waals surface area contributed by atoms with Crippen molar-refractivity contribution in [3.8, 4) is 0 Å². The quantitative estimate of drug-likeness (QED) is 0.482. The van der Waals surface area contributed by atoms with Crippen molar-refractivity contribution in [2.24, 2.45) is 0 Å². The van der Waals surface area contributed by atoms with Gasteiger partial charge in [-0.25, -0.2) is 14.6 Å². The Kier molecular flexibility index (Phi) is 11.6. The second-order valence-corrected chi connectivity index (χ2v) is 9.41. The van der Waals surface area contributed by atoms with Crippen LogP contribution in [0.1, 0.15) is 44.0 Å². The zero-order valence-corrected chi connectivity index (χ0v) is 23.0. The van der Waals surface area contributed by atoms with E-state index >= 15 is 0 Å². The molecule has 0 saturated carbocycles. The zero-order valence-electron chi connectivity index (χ0n) is 23.0. The fraction of sp³-hybridized carbons (Fsp3) is 0.600. The number of likely N-dealkylation sites (tertiary alicyclic amines) is 1. The topological polar surface area (TPSA) is 138 Å². The normalized spacial score (nSPS) is 18.2. The molecule has 0 radical (unpaired) electrons. The molecule has 2 aromatic heterocycles. The molecule has 4 rings (SSSR count). The highest BCUT2D eigenvalue weighted by atomic mass is 19.4. The molecule has 2 N–H and O–H groups in total. The standard InChI is InChI=1S/C21H30N4O3.2C2HF3O2/c1-4-24(5-2)19(26)18-15-25-13-10-22-20(25)21(28-18)8-11-23(12-9-21)14-17-7-6-16(3)27-17;2*3-2(4,5)1(6)7/h6-7,10,13,18H,4-5,8-9,11-12,14-15H2,1-3H3;2*(H,6,7). The number of piperidine rings is 1. The lowest BCUT2D eigenvalue weighted by molar-refractivity contribution is -0.193. The predicted molar refractivity (Wildman–Crippen MR) is 132 cm³/mol. The van der Waals surface area contributed by atoms with Gasteiger partial charge in [0.1, 0.15) is 22.9 Å². The van der Waals surface area contributed by atoms with E-state index in [1.54, 1.807) is 0 Å². The molecule has 236 valence electrons. The Morgan fingerprint density at radius 1 is 1.02 bits per heavy atom. The molecule has 11 nitrogen and oxygen atoms in total. The van der Waals surface area contributed by atoms with Crippen LogP contribution in [0.15, 0.2) is 28.9 Å². The number of aromatic nitrogens is 2. The van der Waals surface area contributed by atoms with Gasteiger partial charge in [0.2, 0.25) is 0 Å². The molecule has 0 bridgehead atoms. The Labute approximate surface area is 236 Å². The molecular formula is C25H32F6N4O7. The van der Waals surface area contributed by atoms with Crippen molar-refractivity contribution < 1.29 is 60.1 Å². The number of fused-ring (bicyclic) bond motifs is 2. The predicted octanol–water partition coefficient (Wildman–Crippen LogP) is 3.81. The van der Waals surface area contributed by atoms with Gasteiger partial charge >= 0.3 is 24.3 Å². The molecule has 1 spiro atoms. The number of aliphatic carboxylic acids is 2. The van der Waals surface area contributed by atoms with Crippen LogP contribution in [-0.4, -0.2) is 92.0 Å². The summed E-state index contributed by atoms with van der Waals surface area (Å²) >= 11 is 0. The van der Waals surface area contributed by atoms with Gasteiger partial charge in [0.25, 0.3) is 5.91 Å². The number of imidazole rings is 1. The highest BCUT2D eigenvalue weighted by molar-refractivity contribution is 5.81. The van der Waals surface area contributed by atoms with E-state index in [-0.39, 0.29) is 5.91 Å². The largest absolute Gasteiger partial charge is 0.490 e. The van der Waals surface area contributed by atoms with E-state index in [4.69, 9.17) is 29.0 Å². The number of alkyl halides is 6. The summed E-state index contributed by atoms with van der Waals surface area (Å²) in [6.07, 6.45) is -5.17. The maximum Gasteiger partial charge on any atom is 0.490 e. The van der Waals surface area contributed by atoms with E-state index in [9.17, 15) is 31.1 Å². The SMILES string of the molecule is CCN(CC)C(=O)C1Cn2ccnc2C2(CCN(Cc3ccc(C)o3)CC2)O1.O=C(O)C(F)(F)F.O=C(O)C(F)(F)F. The minimum absolute atomic E-state index is 0.0808. The summed E-state index contributed by atoms with van der Waals surface area (Å²) in [6.45, 7) is 10.5.